The van der Waals surface area contributed by atoms with Crippen molar-refractivity contribution in [3.05, 3.63) is 47.0 Å². The van der Waals surface area contributed by atoms with Crippen LogP contribution in [0.25, 0.3) is 10.8 Å². The van der Waals surface area contributed by atoms with Gasteiger partial charge in [-0.3, -0.25) is 0 Å². The SMILES string of the molecule is COC(=O)c1c(F)cc2cc(C3CCC4CC(C)CCC4C3)ccc2c1F. The van der Waals surface area contributed by atoms with Gasteiger partial charge in [0.25, 0.3) is 0 Å². The minimum Gasteiger partial charge on any atom is -0.465 e. The molecule has 2 aromatic rings. The molecule has 0 saturated heterocycles. The molecule has 0 bridgehead atoms. The van der Waals surface area contributed by atoms with E-state index in [1.165, 1.54) is 38.2 Å². The summed E-state index contributed by atoms with van der Waals surface area (Å²) in [4.78, 5) is 11.7. The van der Waals surface area contributed by atoms with E-state index in [1.54, 1.807) is 6.07 Å². The number of esters is 1. The van der Waals surface area contributed by atoms with E-state index in [1.807, 2.05) is 12.1 Å². The van der Waals surface area contributed by atoms with Crippen molar-refractivity contribution < 1.29 is 18.3 Å². The minimum absolute atomic E-state index is 0.265. The number of methoxy groups -OCH3 is 1. The van der Waals surface area contributed by atoms with Crippen LogP contribution in [-0.4, -0.2) is 13.1 Å². The molecule has 2 fully saturated rings. The quantitative estimate of drug-likeness (QED) is 0.585. The molecule has 0 radical (unpaired) electrons. The maximum atomic E-state index is 14.7. The summed E-state index contributed by atoms with van der Waals surface area (Å²) in [5.41, 5.74) is 0.541. The van der Waals surface area contributed by atoms with Gasteiger partial charge in [0, 0.05) is 5.39 Å². The fourth-order valence-electron chi connectivity index (χ4n) is 5.32. The fraction of sp³-hybridized carbons (Fsp3) is 0.522. The molecule has 4 atom stereocenters. The van der Waals surface area contributed by atoms with Gasteiger partial charge < -0.3 is 4.74 Å². The van der Waals surface area contributed by atoms with Crippen LogP contribution >= 0.6 is 0 Å². The molecule has 4 rings (SSSR count). The van der Waals surface area contributed by atoms with Crippen LogP contribution in [0.4, 0.5) is 8.78 Å². The molecule has 2 aromatic carbocycles. The zero-order valence-corrected chi connectivity index (χ0v) is 15.9. The molecule has 144 valence electrons. The molecule has 27 heavy (non-hydrogen) atoms. The van der Waals surface area contributed by atoms with E-state index >= 15 is 0 Å². The predicted octanol–water partition coefficient (Wildman–Crippen LogP) is 6.22. The highest BCUT2D eigenvalue weighted by Crippen LogP contribution is 2.47. The largest absolute Gasteiger partial charge is 0.465 e. The van der Waals surface area contributed by atoms with Crippen LogP contribution in [0.3, 0.4) is 0 Å². The summed E-state index contributed by atoms with van der Waals surface area (Å²) >= 11 is 0. The molecule has 2 saturated carbocycles. The molecule has 4 unspecified atom stereocenters. The first-order chi connectivity index (χ1) is 13.0. The van der Waals surface area contributed by atoms with Gasteiger partial charge in [0.05, 0.1) is 7.11 Å². The number of benzene rings is 2. The van der Waals surface area contributed by atoms with Crippen molar-refractivity contribution in [2.45, 2.75) is 51.4 Å². The second-order valence-electron chi connectivity index (χ2n) is 8.47. The van der Waals surface area contributed by atoms with Crippen molar-refractivity contribution in [1.82, 2.24) is 0 Å². The normalized spacial score (nSPS) is 28.0. The molecule has 0 aliphatic heterocycles. The Morgan fingerprint density at radius 3 is 2.56 bits per heavy atom. The highest BCUT2D eigenvalue weighted by Gasteiger charge is 2.35. The van der Waals surface area contributed by atoms with Gasteiger partial charge in [0.1, 0.15) is 17.2 Å². The van der Waals surface area contributed by atoms with E-state index in [0.717, 1.165) is 36.8 Å². The third-order valence-corrected chi connectivity index (χ3v) is 6.79. The number of halogens is 2. The summed E-state index contributed by atoms with van der Waals surface area (Å²) in [5, 5.41) is 0.773. The Hall–Kier alpha value is -1.97. The van der Waals surface area contributed by atoms with Crippen molar-refractivity contribution in [1.29, 1.82) is 0 Å². The number of ether oxygens (including phenoxy) is 1. The zero-order chi connectivity index (χ0) is 19.1. The predicted molar refractivity (Wildman–Crippen MR) is 102 cm³/mol. The summed E-state index contributed by atoms with van der Waals surface area (Å²) in [7, 11) is 1.12. The van der Waals surface area contributed by atoms with E-state index in [4.69, 9.17) is 0 Å². The van der Waals surface area contributed by atoms with Crippen LogP contribution in [-0.2, 0) is 4.74 Å². The number of carbonyl (C=O) groups excluding carboxylic acids is 1. The Labute approximate surface area is 158 Å². The lowest BCUT2D eigenvalue weighted by molar-refractivity contribution is 0.0590. The molecule has 0 heterocycles. The fourth-order valence-corrected chi connectivity index (χ4v) is 5.32. The lowest BCUT2D eigenvalue weighted by Crippen LogP contribution is -2.29. The number of carbonyl (C=O) groups is 1. The molecule has 2 aliphatic rings. The van der Waals surface area contributed by atoms with Crippen LogP contribution in [0.5, 0.6) is 0 Å². The van der Waals surface area contributed by atoms with Gasteiger partial charge in [-0.1, -0.05) is 31.5 Å². The first-order valence-corrected chi connectivity index (χ1v) is 9.98. The number of rotatable bonds is 2. The van der Waals surface area contributed by atoms with Crippen molar-refractivity contribution in [2.24, 2.45) is 17.8 Å². The average molecular weight is 372 g/mol. The average Bonchev–Trinajstić information content (AvgIpc) is 2.66. The van der Waals surface area contributed by atoms with Gasteiger partial charge in [0.2, 0.25) is 0 Å². The third kappa shape index (κ3) is 3.35. The van der Waals surface area contributed by atoms with Crippen LogP contribution in [0.2, 0.25) is 0 Å². The molecular weight excluding hydrogens is 346 g/mol. The molecule has 0 amide bonds. The second kappa shape index (κ2) is 7.21. The highest BCUT2D eigenvalue weighted by atomic mass is 19.1. The number of hydrogen-bond donors (Lipinski definition) is 0. The Morgan fingerprint density at radius 1 is 1.04 bits per heavy atom. The van der Waals surface area contributed by atoms with Crippen LogP contribution < -0.4 is 0 Å². The van der Waals surface area contributed by atoms with Gasteiger partial charge in [-0.05, 0) is 72.8 Å². The number of hydrogen-bond acceptors (Lipinski definition) is 2. The molecule has 0 N–H and O–H groups in total. The van der Waals surface area contributed by atoms with E-state index in [9.17, 15) is 13.6 Å². The van der Waals surface area contributed by atoms with Gasteiger partial charge in [0.15, 0.2) is 0 Å². The first kappa shape index (κ1) is 18.4. The lowest BCUT2D eigenvalue weighted by Gasteiger charge is -2.41. The third-order valence-electron chi connectivity index (χ3n) is 6.79. The van der Waals surface area contributed by atoms with Gasteiger partial charge in [-0.25, -0.2) is 13.6 Å². The van der Waals surface area contributed by atoms with Crippen molar-refractivity contribution in [3.63, 3.8) is 0 Å². The Morgan fingerprint density at radius 2 is 1.78 bits per heavy atom. The summed E-state index contributed by atoms with van der Waals surface area (Å²) in [5.74, 6) is 0.242. The van der Waals surface area contributed by atoms with Gasteiger partial charge in [-0.2, -0.15) is 0 Å². The maximum absolute atomic E-state index is 14.7. The van der Waals surface area contributed by atoms with Crippen LogP contribution in [0.1, 0.15) is 67.3 Å². The van der Waals surface area contributed by atoms with E-state index < -0.39 is 23.2 Å². The summed E-state index contributed by atoms with van der Waals surface area (Å²) < 4.78 is 33.5. The Kier molecular flexibility index (Phi) is 4.92. The smallest absolute Gasteiger partial charge is 0.343 e. The molecule has 2 aliphatic carbocycles. The van der Waals surface area contributed by atoms with Gasteiger partial charge in [-0.15, -0.1) is 0 Å². The Balaban J connectivity index is 1.63. The van der Waals surface area contributed by atoms with Crippen molar-refractivity contribution in [3.8, 4) is 0 Å². The van der Waals surface area contributed by atoms with E-state index in [2.05, 4.69) is 11.7 Å². The summed E-state index contributed by atoms with van der Waals surface area (Å²) in [6, 6.07) is 6.78. The second-order valence-corrected chi connectivity index (χ2v) is 8.47. The highest BCUT2D eigenvalue weighted by molar-refractivity contribution is 5.96. The molecule has 0 spiro atoms. The Bertz CT molecular complexity index is 876. The number of fused-ring (bicyclic) bond motifs is 2. The molecular formula is C23H26F2O2. The standard InChI is InChI=1S/C23H26F2O2/c1-13-3-4-15-10-16(6-5-14(15)9-13)17-7-8-19-18(11-17)12-20(24)21(22(19)25)23(26)27-2/h7-8,11-16H,3-6,9-10H2,1-2H3. The van der Waals surface area contributed by atoms with Crippen LogP contribution in [0, 0.1) is 29.4 Å². The summed E-state index contributed by atoms with van der Waals surface area (Å²) in [6.45, 7) is 2.36. The van der Waals surface area contributed by atoms with E-state index in [0.29, 0.717) is 11.3 Å². The summed E-state index contributed by atoms with van der Waals surface area (Å²) in [6.07, 6.45) is 7.54. The van der Waals surface area contributed by atoms with E-state index in [-0.39, 0.29) is 5.39 Å². The van der Waals surface area contributed by atoms with Crippen LogP contribution in [0.15, 0.2) is 24.3 Å². The maximum Gasteiger partial charge on any atom is 0.343 e. The zero-order valence-electron chi connectivity index (χ0n) is 15.9. The first-order valence-electron chi connectivity index (χ1n) is 9.98. The van der Waals surface area contributed by atoms with Gasteiger partial charge >= 0.3 is 5.97 Å². The minimum atomic E-state index is -0.985. The lowest BCUT2D eigenvalue weighted by atomic mass is 9.64. The van der Waals surface area contributed by atoms with Crippen molar-refractivity contribution >= 4 is 16.7 Å². The molecule has 2 nitrogen and oxygen atoms in total. The topological polar surface area (TPSA) is 26.3 Å². The monoisotopic (exact) mass is 372 g/mol. The van der Waals surface area contributed by atoms with Crippen molar-refractivity contribution in [2.75, 3.05) is 7.11 Å². The molecule has 4 heteroatoms. The molecule has 0 aromatic heterocycles.